The van der Waals surface area contributed by atoms with Gasteiger partial charge in [0.05, 0.1) is 19.3 Å². The highest BCUT2D eigenvalue weighted by Crippen LogP contribution is 2.23. The predicted molar refractivity (Wildman–Crippen MR) is 69.8 cm³/mol. The normalized spacial score (nSPS) is 16.1. The first-order valence-electron chi connectivity index (χ1n) is 6.18. The maximum atomic E-state index is 11.7. The summed E-state index contributed by atoms with van der Waals surface area (Å²) >= 11 is 0. The number of likely N-dealkylation sites (tertiary alicyclic amines) is 1. The van der Waals surface area contributed by atoms with Gasteiger partial charge in [0.2, 0.25) is 0 Å². The zero-order chi connectivity index (χ0) is 14.2. The summed E-state index contributed by atoms with van der Waals surface area (Å²) in [6.45, 7) is 6.50. The van der Waals surface area contributed by atoms with Crippen LogP contribution in [-0.2, 0) is 11.8 Å². The fraction of sp³-hybridized carbons (Fsp3) is 0.667. The Bertz CT molecular complexity index is 472. The highest BCUT2D eigenvalue weighted by molar-refractivity contribution is 5.69. The molecule has 106 valence electrons. The van der Waals surface area contributed by atoms with E-state index in [0.717, 1.165) is 0 Å². The van der Waals surface area contributed by atoms with Gasteiger partial charge in [0, 0.05) is 7.05 Å². The van der Waals surface area contributed by atoms with E-state index in [1.165, 1.54) is 0 Å². The molecule has 0 radical (unpaired) electrons. The van der Waals surface area contributed by atoms with E-state index in [-0.39, 0.29) is 12.2 Å². The molecular formula is C12H20N4O3. The van der Waals surface area contributed by atoms with E-state index in [9.17, 15) is 4.79 Å². The zero-order valence-corrected chi connectivity index (χ0v) is 11.7. The Morgan fingerprint density at radius 1 is 1.47 bits per heavy atom. The predicted octanol–water partition coefficient (Wildman–Crippen LogP) is 1.00. The first-order chi connectivity index (χ1) is 8.74. The van der Waals surface area contributed by atoms with Gasteiger partial charge in [-0.15, -0.1) is 5.10 Å². The fourth-order valence-corrected chi connectivity index (χ4v) is 1.72. The number of nitrogens with two attached hydrogens (primary N) is 1. The standard InChI is InChI=1S/C12H20N4O3/c1-12(2,3)19-11(17)16-5-8(6-16)18-10-9(13)7-15(4)14-10/h7-8H,5-6,13H2,1-4H3. The monoisotopic (exact) mass is 268 g/mol. The maximum absolute atomic E-state index is 11.7. The molecule has 1 fully saturated rings. The lowest BCUT2D eigenvalue weighted by Gasteiger charge is -2.38. The highest BCUT2D eigenvalue weighted by atomic mass is 16.6. The summed E-state index contributed by atoms with van der Waals surface area (Å²) in [5, 5.41) is 4.10. The van der Waals surface area contributed by atoms with E-state index in [4.69, 9.17) is 15.2 Å². The van der Waals surface area contributed by atoms with Gasteiger partial charge in [-0.3, -0.25) is 4.68 Å². The van der Waals surface area contributed by atoms with E-state index in [0.29, 0.717) is 24.7 Å². The first-order valence-corrected chi connectivity index (χ1v) is 6.18. The van der Waals surface area contributed by atoms with Gasteiger partial charge in [0.1, 0.15) is 17.4 Å². The maximum Gasteiger partial charge on any atom is 0.410 e. The largest absolute Gasteiger partial charge is 0.468 e. The minimum atomic E-state index is -0.478. The number of nitrogen functional groups attached to an aromatic ring is 1. The lowest BCUT2D eigenvalue weighted by atomic mass is 10.2. The third kappa shape index (κ3) is 3.30. The van der Waals surface area contributed by atoms with Crippen LogP contribution in [-0.4, -0.2) is 45.6 Å². The van der Waals surface area contributed by atoms with Crippen LogP contribution >= 0.6 is 0 Å². The van der Waals surface area contributed by atoms with Crippen molar-refractivity contribution in [1.29, 1.82) is 0 Å². The molecule has 0 atom stereocenters. The Labute approximate surface area is 112 Å². The van der Waals surface area contributed by atoms with Gasteiger partial charge in [-0.2, -0.15) is 0 Å². The van der Waals surface area contributed by atoms with Crippen LogP contribution in [0.1, 0.15) is 20.8 Å². The topological polar surface area (TPSA) is 82.6 Å². The van der Waals surface area contributed by atoms with E-state index < -0.39 is 5.60 Å². The number of rotatable bonds is 2. The molecule has 2 rings (SSSR count). The molecule has 7 nitrogen and oxygen atoms in total. The van der Waals surface area contributed by atoms with Crippen LogP contribution in [0.15, 0.2) is 6.20 Å². The lowest BCUT2D eigenvalue weighted by molar-refractivity contribution is -0.0231. The van der Waals surface area contributed by atoms with Crippen LogP contribution in [0.5, 0.6) is 5.88 Å². The average Bonchev–Trinajstić information content (AvgIpc) is 2.47. The van der Waals surface area contributed by atoms with Gasteiger partial charge in [-0.1, -0.05) is 0 Å². The molecule has 0 saturated carbocycles. The third-order valence-corrected chi connectivity index (χ3v) is 2.60. The fourth-order valence-electron chi connectivity index (χ4n) is 1.72. The Hall–Kier alpha value is -1.92. The third-order valence-electron chi connectivity index (χ3n) is 2.60. The Morgan fingerprint density at radius 3 is 2.58 bits per heavy atom. The zero-order valence-electron chi connectivity index (χ0n) is 11.7. The molecule has 0 aliphatic carbocycles. The summed E-state index contributed by atoms with van der Waals surface area (Å²) in [7, 11) is 1.77. The van der Waals surface area contributed by atoms with Gasteiger partial charge in [0.25, 0.3) is 5.88 Å². The molecule has 0 aromatic carbocycles. The minimum Gasteiger partial charge on any atom is -0.468 e. The molecule has 1 aromatic rings. The Balaban J connectivity index is 1.80. The summed E-state index contributed by atoms with van der Waals surface area (Å²) in [5.41, 5.74) is 5.75. The van der Waals surface area contributed by atoms with Crippen molar-refractivity contribution in [3.05, 3.63) is 6.20 Å². The quantitative estimate of drug-likeness (QED) is 0.865. The van der Waals surface area contributed by atoms with Crippen molar-refractivity contribution >= 4 is 11.8 Å². The van der Waals surface area contributed by atoms with Crippen molar-refractivity contribution in [2.24, 2.45) is 7.05 Å². The van der Waals surface area contributed by atoms with Crippen LogP contribution in [0.25, 0.3) is 0 Å². The molecular weight excluding hydrogens is 248 g/mol. The first kappa shape index (κ1) is 13.5. The van der Waals surface area contributed by atoms with Gasteiger partial charge >= 0.3 is 6.09 Å². The van der Waals surface area contributed by atoms with Crippen LogP contribution < -0.4 is 10.5 Å². The molecule has 19 heavy (non-hydrogen) atoms. The summed E-state index contributed by atoms with van der Waals surface area (Å²) in [4.78, 5) is 13.3. The molecule has 2 N–H and O–H groups in total. The van der Waals surface area contributed by atoms with Gasteiger partial charge < -0.3 is 20.1 Å². The minimum absolute atomic E-state index is 0.0790. The SMILES string of the molecule is Cn1cc(N)c(OC2CN(C(=O)OC(C)(C)C)C2)n1. The number of aryl methyl sites for hydroxylation is 1. The van der Waals surface area contributed by atoms with Crippen molar-refractivity contribution in [2.75, 3.05) is 18.8 Å². The summed E-state index contributed by atoms with van der Waals surface area (Å²) in [6, 6.07) is 0. The summed E-state index contributed by atoms with van der Waals surface area (Å²) in [5.74, 6) is 0.413. The molecule has 0 bridgehead atoms. The molecule has 1 aliphatic rings. The molecule has 1 amide bonds. The van der Waals surface area contributed by atoms with Crippen molar-refractivity contribution in [3.63, 3.8) is 0 Å². The molecule has 0 spiro atoms. The Kier molecular flexibility index (Phi) is 3.30. The van der Waals surface area contributed by atoms with Crippen LogP contribution in [0.3, 0.4) is 0 Å². The second-order valence-electron chi connectivity index (χ2n) is 5.69. The smallest absolute Gasteiger partial charge is 0.410 e. The summed E-state index contributed by atoms with van der Waals surface area (Å²) < 4.78 is 12.5. The van der Waals surface area contributed by atoms with Crippen molar-refractivity contribution < 1.29 is 14.3 Å². The van der Waals surface area contributed by atoms with Crippen molar-refractivity contribution in [2.45, 2.75) is 32.5 Å². The van der Waals surface area contributed by atoms with Crippen LogP contribution in [0.2, 0.25) is 0 Å². The van der Waals surface area contributed by atoms with Gasteiger partial charge in [0.15, 0.2) is 0 Å². The number of aromatic nitrogens is 2. The number of anilines is 1. The molecule has 1 aromatic heterocycles. The summed E-state index contributed by atoms with van der Waals surface area (Å²) in [6.07, 6.45) is 1.28. The number of amides is 1. The molecule has 1 aliphatic heterocycles. The van der Waals surface area contributed by atoms with Gasteiger partial charge in [-0.25, -0.2) is 4.79 Å². The molecule has 1 saturated heterocycles. The van der Waals surface area contributed by atoms with Crippen molar-refractivity contribution in [1.82, 2.24) is 14.7 Å². The number of nitrogens with zero attached hydrogens (tertiary/aromatic N) is 3. The second kappa shape index (κ2) is 4.64. The van der Waals surface area contributed by atoms with E-state index in [1.807, 2.05) is 20.8 Å². The Morgan fingerprint density at radius 2 is 2.11 bits per heavy atom. The number of hydrogen-bond donors (Lipinski definition) is 1. The van der Waals surface area contributed by atoms with Crippen molar-refractivity contribution in [3.8, 4) is 5.88 Å². The van der Waals surface area contributed by atoms with Crippen LogP contribution in [0, 0.1) is 0 Å². The molecule has 0 unspecified atom stereocenters. The number of carbonyl (C=O) groups is 1. The van der Waals surface area contributed by atoms with Crippen LogP contribution in [0.4, 0.5) is 10.5 Å². The molecule has 7 heteroatoms. The number of carbonyl (C=O) groups excluding carboxylic acids is 1. The van der Waals surface area contributed by atoms with E-state index >= 15 is 0 Å². The molecule has 2 heterocycles. The van der Waals surface area contributed by atoms with Gasteiger partial charge in [-0.05, 0) is 20.8 Å². The average molecular weight is 268 g/mol. The van der Waals surface area contributed by atoms with E-state index in [2.05, 4.69) is 5.10 Å². The lowest BCUT2D eigenvalue weighted by Crippen LogP contribution is -2.57. The van der Waals surface area contributed by atoms with E-state index in [1.54, 1.807) is 22.8 Å². The number of ether oxygens (including phenoxy) is 2. The second-order valence-corrected chi connectivity index (χ2v) is 5.69. The number of hydrogen-bond acceptors (Lipinski definition) is 5. The highest BCUT2D eigenvalue weighted by Gasteiger charge is 2.35.